The minimum atomic E-state index is -1.29. The predicted molar refractivity (Wildman–Crippen MR) is 90.6 cm³/mol. The lowest BCUT2D eigenvalue weighted by Gasteiger charge is -2.38. The summed E-state index contributed by atoms with van der Waals surface area (Å²) in [5.74, 6) is -1.35. The highest BCUT2D eigenvalue weighted by atomic mass is 16.6. The smallest absolute Gasteiger partial charge is 0.429 e. The summed E-state index contributed by atoms with van der Waals surface area (Å²) in [6.07, 6.45) is 0.596. The van der Waals surface area contributed by atoms with E-state index in [4.69, 9.17) is 4.74 Å². The van der Waals surface area contributed by atoms with E-state index in [9.17, 15) is 19.5 Å². The summed E-state index contributed by atoms with van der Waals surface area (Å²) in [6, 6.07) is 8.98. The van der Waals surface area contributed by atoms with Gasteiger partial charge in [0.25, 0.3) is 0 Å². The van der Waals surface area contributed by atoms with Crippen LogP contribution in [0.4, 0.5) is 4.79 Å². The number of hydrogen-bond donors (Lipinski definition) is 1. The fraction of sp³-hybridized carbons (Fsp3) is 0.500. The van der Waals surface area contributed by atoms with E-state index in [0.717, 1.165) is 18.4 Å². The molecule has 1 fully saturated rings. The maximum absolute atomic E-state index is 12.5. The van der Waals surface area contributed by atoms with Crippen LogP contribution >= 0.6 is 0 Å². The van der Waals surface area contributed by atoms with Gasteiger partial charge in [-0.1, -0.05) is 37.3 Å². The Morgan fingerprint density at radius 1 is 1.12 bits per heavy atom. The lowest BCUT2D eigenvalue weighted by molar-refractivity contribution is -0.154. The Morgan fingerprint density at radius 3 is 2.36 bits per heavy atom. The highest BCUT2D eigenvalue weighted by molar-refractivity contribution is 5.81. The fourth-order valence-corrected chi connectivity index (χ4v) is 2.75. The molecule has 1 heterocycles. The second kappa shape index (κ2) is 9.05. The molecule has 0 saturated carbocycles. The van der Waals surface area contributed by atoms with Crippen molar-refractivity contribution in [1.82, 2.24) is 10.0 Å². The molecule has 25 heavy (non-hydrogen) atoms. The van der Waals surface area contributed by atoms with E-state index >= 15 is 0 Å². The molecule has 0 spiro atoms. The molecular weight excluding hydrogens is 324 g/mol. The van der Waals surface area contributed by atoms with E-state index in [1.165, 1.54) is 10.0 Å². The number of nitrogens with zero attached hydrogens (tertiary/aromatic N) is 2. The Balaban J connectivity index is 2.05. The first kappa shape index (κ1) is 18.8. The minimum absolute atomic E-state index is 0.0820. The molecule has 0 aromatic heterocycles. The van der Waals surface area contributed by atoms with Crippen LogP contribution in [0.5, 0.6) is 0 Å². The first-order chi connectivity index (χ1) is 12.0. The number of carbonyl (C=O) groups excluding carboxylic acids is 2. The van der Waals surface area contributed by atoms with Crippen LogP contribution in [0.15, 0.2) is 30.3 Å². The van der Waals surface area contributed by atoms with Crippen LogP contribution in [0.2, 0.25) is 0 Å². The maximum atomic E-state index is 12.5. The van der Waals surface area contributed by atoms with Gasteiger partial charge in [0.1, 0.15) is 0 Å². The molecule has 7 heteroatoms. The molecule has 1 atom stereocenters. The molecule has 2 rings (SSSR count). The molecule has 2 amide bonds. The molecule has 0 aliphatic carbocycles. The third-order valence-electron chi connectivity index (χ3n) is 4.03. The molecule has 0 bridgehead atoms. The SMILES string of the molecule is CCCC(=O)N1CCCCN1C(=O)OC(Cc1ccccc1)C(=O)O. The molecule has 0 radical (unpaired) electrons. The van der Waals surface area contributed by atoms with Gasteiger partial charge < -0.3 is 9.84 Å². The number of ether oxygens (including phenoxy) is 1. The maximum Gasteiger partial charge on any atom is 0.429 e. The molecule has 1 saturated heterocycles. The average Bonchev–Trinajstić information content (AvgIpc) is 2.62. The van der Waals surface area contributed by atoms with Crippen LogP contribution in [0.25, 0.3) is 0 Å². The molecule has 1 N–H and O–H groups in total. The van der Waals surface area contributed by atoms with Crippen molar-refractivity contribution in [3.8, 4) is 0 Å². The fourth-order valence-electron chi connectivity index (χ4n) is 2.75. The Kier molecular flexibility index (Phi) is 6.80. The number of benzene rings is 1. The zero-order valence-electron chi connectivity index (χ0n) is 14.4. The third-order valence-corrected chi connectivity index (χ3v) is 4.03. The van der Waals surface area contributed by atoms with Crippen molar-refractivity contribution >= 4 is 18.0 Å². The summed E-state index contributed by atoms with van der Waals surface area (Å²) in [6.45, 7) is 2.70. The van der Waals surface area contributed by atoms with Gasteiger partial charge in [-0.05, 0) is 24.8 Å². The van der Waals surface area contributed by atoms with Crippen molar-refractivity contribution in [2.24, 2.45) is 0 Å². The first-order valence-electron chi connectivity index (χ1n) is 8.58. The number of amides is 2. The minimum Gasteiger partial charge on any atom is -0.478 e. The zero-order chi connectivity index (χ0) is 18.2. The summed E-state index contributed by atoms with van der Waals surface area (Å²) in [5, 5.41) is 12.0. The van der Waals surface area contributed by atoms with Crippen molar-refractivity contribution < 1.29 is 24.2 Å². The Labute approximate surface area is 147 Å². The zero-order valence-corrected chi connectivity index (χ0v) is 14.4. The average molecular weight is 348 g/mol. The normalized spacial score (nSPS) is 15.6. The molecule has 1 aliphatic rings. The van der Waals surface area contributed by atoms with Gasteiger partial charge in [0.05, 0.1) is 0 Å². The molecule has 1 aliphatic heterocycles. The van der Waals surface area contributed by atoms with Crippen LogP contribution in [0, 0.1) is 0 Å². The lowest BCUT2D eigenvalue weighted by Crippen LogP contribution is -2.54. The number of carbonyl (C=O) groups is 3. The van der Waals surface area contributed by atoms with Crippen LogP contribution in [-0.2, 0) is 20.7 Å². The van der Waals surface area contributed by atoms with Crippen molar-refractivity contribution in [3.63, 3.8) is 0 Å². The van der Waals surface area contributed by atoms with Crippen LogP contribution < -0.4 is 0 Å². The van der Waals surface area contributed by atoms with Gasteiger partial charge in [-0.15, -0.1) is 0 Å². The largest absolute Gasteiger partial charge is 0.478 e. The number of carboxylic acid groups (broad SMARTS) is 1. The standard InChI is InChI=1S/C18H24N2O5/c1-2-8-16(21)19-11-6-7-12-20(19)18(24)25-15(17(22)23)13-14-9-4-3-5-10-14/h3-5,9-10,15H,2,6-8,11-13H2,1H3,(H,22,23). The summed E-state index contributed by atoms with van der Waals surface area (Å²) < 4.78 is 5.21. The quantitative estimate of drug-likeness (QED) is 0.853. The van der Waals surface area contributed by atoms with Gasteiger partial charge in [0, 0.05) is 25.9 Å². The Bertz CT molecular complexity index is 605. The highest BCUT2D eigenvalue weighted by Gasteiger charge is 2.32. The predicted octanol–water partition coefficient (Wildman–Crippen LogP) is 2.46. The highest BCUT2D eigenvalue weighted by Crippen LogP contribution is 2.16. The third kappa shape index (κ3) is 5.20. The molecule has 1 aromatic rings. The van der Waals surface area contributed by atoms with Crippen molar-refractivity contribution in [3.05, 3.63) is 35.9 Å². The molecule has 1 aromatic carbocycles. The molecule has 1 unspecified atom stereocenters. The number of rotatable bonds is 6. The van der Waals surface area contributed by atoms with Gasteiger partial charge in [0.2, 0.25) is 12.0 Å². The van der Waals surface area contributed by atoms with Gasteiger partial charge >= 0.3 is 12.1 Å². The topological polar surface area (TPSA) is 87.2 Å². The van der Waals surface area contributed by atoms with E-state index < -0.39 is 18.2 Å². The van der Waals surface area contributed by atoms with Crippen molar-refractivity contribution in [1.29, 1.82) is 0 Å². The summed E-state index contributed by atoms with van der Waals surface area (Å²) in [5.41, 5.74) is 0.764. The first-order valence-corrected chi connectivity index (χ1v) is 8.58. The summed E-state index contributed by atoms with van der Waals surface area (Å²) in [7, 11) is 0. The van der Waals surface area contributed by atoms with E-state index in [1.54, 1.807) is 24.3 Å². The number of carboxylic acids is 1. The van der Waals surface area contributed by atoms with Crippen LogP contribution in [0.1, 0.15) is 38.2 Å². The van der Waals surface area contributed by atoms with Crippen molar-refractivity contribution in [2.75, 3.05) is 13.1 Å². The molecular formula is C18H24N2O5. The van der Waals surface area contributed by atoms with Gasteiger partial charge in [-0.2, -0.15) is 0 Å². The Hall–Kier alpha value is -2.57. The molecule has 7 nitrogen and oxygen atoms in total. The van der Waals surface area contributed by atoms with Gasteiger partial charge in [-0.25, -0.2) is 19.6 Å². The number of hydrazine groups is 1. The summed E-state index contributed by atoms with van der Waals surface area (Å²) >= 11 is 0. The van der Waals surface area contributed by atoms with E-state index in [-0.39, 0.29) is 12.3 Å². The Morgan fingerprint density at radius 2 is 1.76 bits per heavy atom. The van der Waals surface area contributed by atoms with E-state index in [0.29, 0.717) is 25.9 Å². The van der Waals surface area contributed by atoms with Crippen molar-refractivity contribution in [2.45, 2.75) is 45.1 Å². The number of aliphatic carboxylic acids is 1. The molecule has 136 valence electrons. The van der Waals surface area contributed by atoms with Gasteiger partial charge in [0.15, 0.2) is 0 Å². The summed E-state index contributed by atoms with van der Waals surface area (Å²) in [4.78, 5) is 36.1. The lowest BCUT2D eigenvalue weighted by atomic mass is 10.1. The number of hydrogen-bond acceptors (Lipinski definition) is 4. The second-order valence-corrected chi connectivity index (χ2v) is 6.00. The monoisotopic (exact) mass is 348 g/mol. The van der Waals surface area contributed by atoms with Crippen LogP contribution in [0.3, 0.4) is 0 Å². The van der Waals surface area contributed by atoms with E-state index in [1.807, 2.05) is 13.0 Å². The van der Waals surface area contributed by atoms with Crippen LogP contribution in [-0.4, -0.2) is 52.3 Å². The van der Waals surface area contributed by atoms with E-state index in [2.05, 4.69) is 0 Å². The second-order valence-electron chi connectivity index (χ2n) is 6.00. The van der Waals surface area contributed by atoms with Gasteiger partial charge in [-0.3, -0.25) is 4.79 Å².